The third kappa shape index (κ3) is 1.66. The maximum atomic E-state index is 10.6. The Morgan fingerprint density at radius 1 is 1.27 bits per heavy atom. The standard InChI is InChI=1S/C9H6N2O3S/c12-4-6-9(15-11-10-6)5-1-2-7(13)8(14)3-5/h1-4,13-14H. The van der Waals surface area contributed by atoms with E-state index in [4.69, 9.17) is 5.11 Å². The Hall–Kier alpha value is -1.95. The first-order valence-electron chi connectivity index (χ1n) is 4.02. The number of carbonyl (C=O) groups excluding carboxylic acids is 1. The molecule has 1 heterocycles. The van der Waals surface area contributed by atoms with Gasteiger partial charge in [-0.05, 0) is 35.3 Å². The second kappa shape index (κ2) is 3.66. The molecule has 6 heteroatoms. The number of aldehydes is 1. The number of carbonyl (C=O) groups is 1. The Morgan fingerprint density at radius 2 is 2.07 bits per heavy atom. The summed E-state index contributed by atoms with van der Waals surface area (Å²) in [6, 6.07) is 4.29. The summed E-state index contributed by atoms with van der Waals surface area (Å²) in [6.07, 6.45) is 0.600. The van der Waals surface area contributed by atoms with Gasteiger partial charge in [-0.1, -0.05) is 4.49 Å². The van der Waals surface area contributed by atoms with Crippen LogP contribution in [0.25, 0.3) is 10.4 Å². The van der Waals surface area contributed by atoms with Crippen molar-refractivity contribution in [2.45, 2.75) is 0 Å². The molecule has 2 aromatic rings. The molecular formula is C9H6N2O3S. The van der Waals surface area contributed by atoms with E-state index >= 15 is 0 Å². The Kier molecular flexibility index (Phi) is 2.34. The largest absolute Gasteiger partial charge is 0.504 e. The fourth-order valence-electron chi connectivity index (χ4n) is 1.14. The van der Waals surface area contributed by atoms with Gasteiger partial charge in [0.05, 0.1) is 4.88 Å². The molecule has 0 aliphatic rings. The average Bonchev–Trinajstić information content (AvgIpc) is 2.70. The first-order chi connectivity index (χ1) is 7.22. The van der Waals surface area contributed by atoms with Gasteiger partial charge in [-0.3, -0.25) is 4.79 Å². The summed E-state index contributed by atoms with van der Waals surface area (Å²) in [5, 5.41) is 22.0. The third-order valence-electron chi connectivity index (χ3n) is 1.86. The van der Waals surface area contributed by atoms with Gasteiger partial charge in [0, 0.05) is 0 Å². The highest BCUT2D eigenvalue weighted by Gasteiger charge is 2.11. The van der Waals surface area contributed by atoms with Crippen LogP contribution in [0.3, 0.4) is 0 Å². The van der Waals surface area contributed by atoms with E-state index in [1.807, 2.05) is 0 Å². The highest BCUT2D eigenvalue weighted by Crippen LogP contribution is 2.32. The number of rotatable bonds is 2. The third-order valence-corrected chi connectivity index (χ3v) is 2.65. The van der Waals surface area contributed by atoms with Gasteiger partial charge >= 0.3 is 0 Å². The SMILES string of the molecule is O=Cc1nnsc1-c1ccc(O)c(O)c1. The quantitative estimate of drug-likeness (QED) is 0.593. The van der Waals surface area contributed by atoms with E-state index in [1.165, 1.54) is 12.1 Å². The average molecular weight is 222 g/mol. The summed E-state index contributed by atoms with van der Waals surface area (Å²) < 4.78 is 3.64. The molecule has 0 atom stereocenters. The first-order valence-corrected chi connectivity index (χ1v) is 4.79. The molecule has 0 aliphatic heterocycles. The second-order valence-corrected chi connectivity index (χ2v) is 3.56. The van der Waals surface area contributed by atoms with Crippen molar-refractivity contribution in [1.82, 2.24) is 9.59 Å². The van der Waals surface area contributed by atoms with Gasteiger partial charge in [0.25, 0.3) is 0 Å². The summed E-state index contributed by atoms with van der Waals surface area (Å²) >= 11 is 1.06. The van der Waals surface area contributed by atoms with E-state index in [0.29, 0.717) is 16.7 Å². The van der Waals surface area contributed by atoms with Crippen LogP contribution >= 0.6 is 11.5 Å². The van der Waals surface area contributed by atoms with E-state index in [9.17, 15) is 9.90 Å². The van der Waals surface area contributed by atoms with Crippen molar-refractivity contribution >= 4 is 17.8 Å². The van der Waals surface area contributed by atoms with Crippen molar-refractivity contribution in [1.29, 1.82) is 0 Å². The summed E-state index contributed by atoms with van der Waals surface area (Å²) in [5.74, 6) is -0.443. The number of hydrogen-bond donors (Lipinski definition) is 2. The predicted molar refractivity (Wildman–Crippen MR) is 54.1 cm³/mol. The number of phenolic OH excluding ortho intramolecular Hbond substituents is 2. The number of benzene rings is 1. The zero-order chi connectivity index (χ0) is 10.8. The lowest BCUT2D eigenvalue weighted by molar-refractivity contribution is 0.111. The predicted octanol–water partition coefficient (Wildman–Crippen LogP) is 1.43. The first kappa shape index (κ1) is 9.60. The fraction of sp³-hybridized carbons (Fsp3) is 0. The van der Waals surface area contributed by atoms with Crippen LogP contribution in [-0.2, 0) is 0 Å². The van der Waals surface area contributed by atoms with E-state index in [1.54, 1.807) is 6.07 Å². The van der Waals surface area contributed by atoms with Crippen LogP contribution in [0, 0.1) is 0 Å². The molecule has 0 saturated heterocycles. The van der Waals surface area contributed by atoms with Crippen LogP contribution in [0.15, 0.2) is 18.2 Å². The molecule has 0 saturated carbocycles. The number of aromatic nitrogens is 2. The summed E-state index contributed by atoms with van der Waals surface area (Å²) in [4.78, 5) is 11.2. The summed E-state index contributed by atoms with van der Waals surface area (Å²) in [5.41, 5.74) is 0.826. The smallest absolute Gasteiger partial charge is 0.171 e. The zero-order valence-corrected chi connectivity index (χ0v) is 8.23. The zero-order valence-electron chi connectivity index (χ0n) is 7.41. The molecule has 76 valence electrons. The molecule has 1 aromatic carbocycles. The van der Waals surface area contributed by atoms with Gasteiger partial charge < -0.3 is 10.2 Å². The van der Waals surface area contributed by atoms with Crippen molar-refractivity contribution < 1.29 is 15.0 Å². The number of hydrogen-bond acceptors (Lipinski definition) is 6. The Labute approximate surface area is 88.8 Å². The minimum absolute atomic E-state index is 0.205. The van der Waals surface area contributed by atoms with Crippen molar-refractivity contribution in [2.75, 3.05) is 0 Å². The fourth-order valence-corrected chi connectivity index (χ4v) is 1.77. The Balaban J connectivity index is 2.54. The normalized spacial score (nSPS) is 10.1. The van der Waals surface area contributed by atoms with Crippen molar-refractivity contribution in [3.05, 3.63) is 23.9 Å². The molecule has 0 aliphatic carbocycles. The van der Waals surface area contributed by atoms with Gasteiger partial charge in [0.2, 0.25) is 0 Å². The maximum Gasteiger partial charge on any atom is 0.171 e. The van der Waals surface area contributed by atoms with Crippen LogP contribution in [-0.4, -0.2) is 26.1 Å². The summed E-state index contributed by atoms with van der Waals surface area (Å²) in [6.45, 7) is 0. The molecule has 1 aromatic heterocycles. The molecule has 0 radical (unpaired) electrons. The van der Waals surface area contributed by atoms with Crippen LogP contribution < -0.4 is 0 Å². The lowest BCUT2D eigenvalue weighted by atomic mass is 10.1. The molecule has 0 unspecified atom stereocenters. The monoisotopic (exact) mass is 222 g/mol. The van der Waals surface area contributed by atoms with E-state index < -0.39 is 0 Å². The van der Waals surface area contributed by atoms with Crippen LogP contribution in [0.1, 0.15) is 10.5 Å². The van der Waals surface area contributed by atoms with Crippen molar-refractivity contribution in [2.24, 2.45) is 0 Å². The molecule has 0 spiro atoms. The van der Waals surface area contributed by atoms with Gasteiger partial charge in [-0.25, -0.2) is 0 Å². The Morgan fingerprint density at radius 3 is 2.73 bits per heavy atom. The highest BCUT2D eigenvalue weighted by atomic mass is 32.1. The lowest BCUT2D eigenvalue weighted by Crippen LogP contribution is -1.83. The molecule has 2 rings (SSSR count). The highest BCUT2D eigenvalue weighted by molar-refractivity contribution is 7.09. The van der Waals surface area contributed by atoms with Gasteiger partial charge in [0.15, 0.2) is 17.8 Å². The molecular weight excluding hydrogens is 216 g/mol. The van der Waals surface area contributed by atoms with Crippen molar-refractivity contribution in [3.63, 3.8) is 0 Å². The number of aromatic hydroxyl groups is 2. The van der Waals surface area contributed by atoms with Crippen LogP contribution in [0.4, 0.5) is 0 Å². The summed E-state index contributed by atoms with van der Waals surface area (Å²) in [7, 11) is 0. The molecule has 15 heavy (non-hydrogen) atoms. The molecule has 0 fully saturated rings. The minimum atomic E-state index is -0.238. The topological polar surface area (TPSA) is 83.3 Å². The molecule has 0 amide bonds. The van der Waals surface area contributed by atoms with Gasteiger partial charge in [-0.15, -0.1) is 5.10 Å². The lowest BCUT2D eigenvalue weighted by Gasteiger charge is -2.00. The number of nitrogens with zero attached hydrogens (tertiary/aromatic N) is 2. The number of phenols is 2. The minimum Gasteiger partial charge on any atom is -0.504 e. The van der Waals surface area contributed by atoms with Crippen LogP contribution in [0.2, 0.25) is 0 Å². The molecule has 5 nitrogen and oxygen atoms in total. The van der Waals surface area contributed by atoms with E-state index in [2.05, 4.69) is 9.59 Å². The molecule has 2 N–H and O–H groups in total. The van der Waals surface area contributed by atoms with E-state index in [0.717, 1.165) is 11.5 Å². The van der Waals surface area contributed by atoms with Gasteiger partial charge in [0.1, 0.15) is 5.69 Å². The van der Waals surface area contributed by atoms with Crippen LogP contribution in [0.5, 0.6) is 11.5 Å². The van der Waals surface area contributed by atoms with Gasteiger partial charge in [-0.2, -0.15) is 0 Å². The second-order valence-electron chi connectivity index (χ2n) is 2.81. The Bertz CT molecular complexity index is 510. The van der Waals surface area contributed by atoms with E-state index in [-0.39, 0.29) is 17.2 Å². The molecule has 0 bridgehead atoms. The maximum absolute atomic E-state index is 10.6. The van der Waals surface area contributed by atoms with Crippen molar-refractivity contribution in [3.8, 4) is 21.9 Å².